The fourth-order valence-corrected chi connectivity index (χ4v) is 6.85. The molecule has 0 radical (unpaired) electrons. The standard InChI is InChI=1S/C16H21ClS/c1-10-2-3-14(18-10)15(17)16-7-11-4-12(8-16)6-13(5-11)9-16/h2-3,11-13,15H,4-9H2,1H3. The first-order valence-corrected chi connectivity index (χ1v) is 8.60. The Morgan fingerprint density at radius 1 is 1.11 bits per heavy atom. The van der Waals surface area contributed by atoms with Crippen LogP contribution in [0, 0.1) is 30.1 Å². The summed E-state index contributed by atoms with van der Waals surface area (Å²) in [6, 6.07) is 4.51. The molecule has 4 aliphatic rings. The molecule has 4 aliphatic carbocycles. The summed E-state index contributed by atoms with van der Waals surface area (Å²) in [5, 5.41) is 0.282. The molecule has 4 bridgehead atoms. The Labute approximate surface area is 119 Å². The normalized spacial score (nSPS) is 43.3. The van der Waals surface area contributed by atoms with Gasteiger partial charge in [0.25, 0.3) is 0 Å². The monoisotopic (exact) mass is 280 g/mol. The average Bonchev–Trinajstić information content (AvgIpc) is 2.73. The highest BCUT2D eigenvalue weighted by atomic mass is 35.5. The van der Waals surface area contributed by atoms with Crippen molar-refractivity contribution in [3.05, 3.63) is 21.9 Å². The second-order valence-electron chi connectivity index (χ2n) is 7.09. The third-order valence-corrected chi connectivity index (χ3v) is 7.53. The van der Waals surface area contributed by atoms with Crippen LogP contribution in [-0.2, 0) is 0 Å². The number of rotatable bonds is 2. The van der Waals surface area contributed by atoms with E-state index in [1.807, 2.05) is 11.3 Å². The summed E-state index contributed by atoms with van der Waals surface area (Å²) in [5.74, 6) is 3.00. The molecule has 2 heteroatoms. The first-order valence-electron chi connectivity index (χ1n) is 7.35. The zero-order valence-corrected chi connectivity index (χ0v) is 12.6. The molecular weight excluding hydrogens is 260 g/mol. The topological polar surface area (TPSA) is 0 Å². The third kappa shape index (κ3) is 1.70. The van der Waals surface area contributed by atoms with E-state index in [0.717, 1.165) is 17.8 Å². The van der Waals surface area contributed by atoms with Crippen LogP contribution in [0.1, 0.15) is 53.7 Å². The Hall–Kier alpha value is -0.0100. The highest BCUT2D eigenvalue weighted by Gasteiger charge is 2.54. The largest absolute Gasteiger partial charge is 0.144 e. The Bertz CT molecular complexity index is 426. The van der Waals surface area contributed by atoms with Gasteiger partial charge in [-0.1, -0.05) is 0 Å². The molecule has 0 aromatic carbocycles. The van der Waals surface area contributed by atoms with Crippen molar-refractivity contribution in [1.82, 2.24) is 0 Å². The second-order valence-corrected chi connectivity index (χ2v) is 8.85. The van der Waals surface area contributed by atoms with E-state index < -0.39 is 0 Å². The summed E-state index contributed by atoms with van der Waals surface area (Å²) < 4.78 is 0. The van der Waals surface area contributed by atoms with Gasteiger partial charge in [0, 0.05) is 9.75 Å². The lowest BCUT2D eigenvalue weighted by atomic mass is 9.48. The minimum absolute atomic E-state index is 0.282. The predicted molar refractivity (Wildman–Crippen MR) is 78.3 cm³/mol. The first kappa shape index (κ1) is 11.8. The highest BCUT2D eigenvalue weighted by Crippen LogP contribution is 2.65. The van der Waals surface area contributed by atoms with Crippen LogP contribution < -0.4 is 0 Å². The summed E-state index contributed by atoms with van der Waals surface area (Å²) in [5.41, 5.74) is 0.452. The molecule has 1 aromatic rings. The van der Waals surface area contributed by atoms with Gasteiger partial charge in [0.1, 0.15) is 0 Å². The molecule has 0 nitrogen and oxygen atoms in total. The van der Waals surface area contributed by atoms with Gasteiger partial charge < -0.3 is 0 Å². The summed E-state index contributed by atoms with van der Waals surface area (Å²) in [6.07, 6.45) is 8.74. The molecule has 0 amide bonds. The molecule has 1 atom stereocenters. The molecule has 1 unspecified atom stereocenters. The molecule has 0 N–H and O–H groups in total. The van der Waals surface area contributed by atoms with Crippen molar-refractivity contribution in [2.24, 2.45) is 23.2 Å². The maximum absolute atomic E-state index is 6.95. The molecule has 18 heavy (non-hydrogen) atoms. The molecular formula is C16H21ClS. The summed E-state index contributed by atoms with van der Waals surface area (Å²) >= 11 is 8.86. The van der Waals surface area contributed by atoms with Gasteiger partial charge in [0.15, 0.2) is 0 Å². The summed E-state index contributed by atoms with van der Waals surface area (Å²) in [6.45, 7) is 2.19. The Kier molecular flexibility index (Phi) is 2.61. The number of hydrogen-bond donors (Lipinski definition) is 0. The second kappa shape index (κ2) is 3.99. The molecule has 4 fully saturated rings. The average molecular weight is 281 g/mol. The van der Waals surface area contributed by atoms with Crippen LogP contribution in [-0.4, -0.2) is 0 Å². The van der Waals surface area contributed by atoms with Crippen LogP contribution in [0.3, 0.4) is 0 Å². The molecule has 98 valence electrons. The first-order chi connectivity index (χ1) is 8.64. The van der Waals surface area contributed by atoms with Crippen molar-refractivity contribution in [2.45, 2.75) is 50.8 Å². The van der Waals surface area contributed by atoms with E-state index in [4.69, 9.17) is 11.6 Å². The SMILES string of the molecule is Cc1ccc(C(Cl)C23CC4CC(CC(C4)C2)C3)s1. The van der Waals surface area contributed by atoms with Crippen molar-refractivity contribution >= 4 is 22.9 Å². The number of alkyl halides is 1. The maximum atomic E-state index is 6.95. The quantitative estimate of drug-likeness (QED) is 0.623. The van der Waals surface area contributed by atoms with E-state index in [1.54, 1.807) is 0 Å². The van der Waals surface area contributed by atoms with Gasteiger partial charge >= 0.3 is 0 Å². The fraction of sp³-hybridized carbons (Fsp3) is 0.750. The lowest BCUT2D eigenvalue weighted by molar-refractivity contribution is -0.0547. The lowest BCUT2D eigenvalue weighted by Gasteiger charge is -2.58. The Morgan fingerprint density at radius 3 is 2.11 bits per heavy atom. The third-order valence-electron chi connectivity index (χ3n) is 5.63. The van der Waals surface area contributed by atoms with Gasteiger partial charge in [-0.3, -0.25) is 0 Å². The number of aryl methyl sites for hydroxylation is 1. The van der Waals surface area contributed by atoms with Gasteiger partial charge in [-0.05, 0) is 80.8 Å². The van der Waals surface area contributed by atoms with E-state index >= 15 is 0 Å². The van der Waals surface area contributed by atoms with E-state index in [0.29, 0.717) is 5.41 Å². The summed E-state index contributed by atoms with van der Waals surface area (Å²) in [7, 11) is 0. The van der Waals surface area contributed by atoms with Crippen LogP contribution in [0.2, 0.25) is 0 Å². The summed E-state index contributed by atoms with van der Waals surface area (Å²) in [4.78, 5) is 2.83. The maximum Gasteiger partial charge on any atom is 0.0735 e. The molecule has 1 heterocycles. The minimum Gasteiger partial charge on any atom is -0.144 e. The van der Waals surface area contributed by atoms with Crippen molar-refractivity contribution in [3.63, 3.8) is 0 Å². The van der Waals surface area contributed by atoms with Gasteiger partial charge in [0.2, 0.25) is 0 Å². The van der Waals surface area contributed by atoms with Crippen LogP contribution in [0.5, 0.6) is 0 Å². The molecule has 0 saturated heterocycles. The van der Waals surface area contributed by atoms with Crippen molar-refractivity contribution < 1.29 is 0 Å². The lowest BCUT2D eigenvalue weighted by Crippen LogP contribution is -2.47. The number of halogens is 1. The van der Waals surface area contributed by atoms with Gasteiger partial charge in [-0.15, -0.1) is 22.9 Å². The van der Waals surface area contributed by atoms with Crippen molar-refractivity contribution in [1.29, 1.82) is 0 Å². The smallest absolute Gasteiger partial charge is 0.0735 e. The molecule has 1 aromatic heterocycles. The fourth-order valence-electron chi connectivity index (χ4n) is 5.38. The van der Waals surface area contributed by atoms with Crippen LogP contribution in [0.25, 0.3) is 0 Å². The van der Waals surface area contributed by atoms with E-state index in [-0.39, 0.29) is 5.38 Å². The molecule has 4 saturated carbocycles. The zero-order valence-electron chi connectivity index (χ0n) is 11.0. The minimum atomic E-state index is 0.282. The van der Waals surface area contributed by atoms with Crippen LogP contribution in [0.4, 0.5) is 0 Å². The van der Waals surface area contributed by atoms with E-state index in [9.17, 15) is 0 Å². The molecule has 0 spiro atoms. The van der Waals surface area contributed by atoms with E-state index in [2.05, 4.69) is 19.1 Å². The highest BCUT2D eigenvalue weighted by molar-refractivity contribution is 7.12. The van der Waals surface area contributed by atoms with E-state index in [1.165, 1.54) is 48.3 Å². The molecule has 5 rings (SSSR count). The van der Waals surface area contributed by atoms with Gasteiger partial charge in [-0.2, -0.15) is 0 Å². The van der Waals surface area contributed by atoms with Crippen LogP contribution >= 0.6 is 22.9 Å². The zero-order chi connectivity index (χ0) is 12.3. The Balaban J connectivity index is 1.67. The van der Waals surface area contributed by atoms with Crippen molar-refractivity contribution in [2.75, 3.05) is 0 Å². The van der Waals surface area contributed by atoms with Gasteiger partial charge in [-0.25, -0.2) is 0 Å². The number of hydrogen-bond acceptors (Lipinski definition) is 1. The van der Waals surface area contributed by atoms with Crippen molar-refractivity contribution in [3.8, 4) is 0 Å². The number of thiophene rings is 1. The van der Waals surface area contributed by atoms with Gasteiger partial charge in [0.05, 0.1) is 5.38 Å². The molecule has 0 aliphatic heterocycles. The van der Waals surface area contributed by atoms with Crippen LogP contribution in [0.15, 0.2) is 12.1 Å². The predicted octanol–water partition coefficient (Wildman–Crippen LogP) is 5.55. The Morgan fingerprint density at radius 2 is 1.67 bits per heavy atom.